The van der Waals surface area contributed by atoms with E-state index in [9.17, 15) is 0 Å². The van der Waals surface area contributed by atoms with Crippen LogP contribution in [0.3, 0.4) is 0 Å². The lowest BCUT2D eigenvalue weighted by Crippen LogP contribution is -2.06. The lowest BCUT2D eigenvalue weighted by molar-refractivity contribution is 0.564. The second kappa shape index (κ2) is 3.22. The van der Waals surface area contributed by atoms with Crippen molar-refractivity contribution in [3.8, 4) is 0 Å². The summed E-state index contributed by atoms with van der Waals surface area (Å²) in [7, 11) is 0. The highest BCUT2D eigenvalue weighted by Crippen LogP contribution is 2.11. The molecule has 0 fully saturated rings. The maximum atomic E-state index is 5.67. The molecule has 1 rings (SSSR count). The van der Waals surface area contributed by atoms with Gasteiger partial charge in [0.2, 0.25) is 0 Å². The van der Waals surface area contributed by atoms with Crippen LogP contribution in [0.1, 0.15) is 31.5 Å². The molecule has 0 radical (unpaired) electrons. The fraction of sp³-hybridized carbons (Fsp3) is 0.714. The van der Waals surface area contributed by atoms with E-state index in [2.05, 4.69) is 24.0 Å². The molecule has 3 nitrogen and oxygen atoms in total. The minimum Gasteiger partial charge on any atom is -0.312 e. The predicted molar refractivity (Wildman–Crippen MR) is 44.7 cm³/mol. The van der Waals surface area contributed by atoms with Crippen LogP contribution in [-0.4, -0.2) is 14.8 Å². The van der Waals surface area contributed by atoms with E-state index in [0.717, 1.165) is 11.6 Å². The van der Waals surface area contributed by atoms with Gasteiger partial charge >= 0.3 is 0 Å². The Balaban J connectivity index is 3.07. The molecule has 0 aromatic carbocycles. The van der Waals surface area contributed by atoms with E-state index >= 15 is 0 Å². The molecule has 0 spiro atoms. The molecule has 0 aliphatic heterocycles. The molecule has 0 N–H and O–H groups in total. The van der Waals surface area contributed by atoms with Crippen LogP contribution in [0, 0.1) is 6.92 Å². The standard InChI is InChI=1S/C7H12ClN3/c1-5(2)11-6(3)9-10-7(11)4-8/h5H,4H2,1-3H3. The Bertz CT molecular complexity index is 242. The first-order chi connectivity index (χ1) is 5.16. The van der Waals surface area contributed by atoms with Gasteiger partial charge in [0.25, 0.3) is 0 Å². The Labute approximate surface area is 71.4 Å². The Hall–Kier alpha value is -0.570. The first-order valence-electron chi connectivity index (χ1n) is 3.63. The van der Waals surface area contributed by atoms with Crippen LogP contribution in [0.4, 0.5) is 0 Å². The number of halogens is 1. The predicted octanol–water partition coefficient (Wildman–Crippen LogP) is 1.91. The van der Waals surface area contributed by atoms with Crippen molar-refractivity contribution in [2.24, 2.45) is 0 Å². The van der Waals surface area contributed by atoms with Gasteiger partial charge in [0.15, 0.2) is 0 Å². The summed E-state index contributed by atoms with van der Waals surface area (Å²) >= 11 is 5.67. The zero-order valence-corrected chi connectivity index (χ0v) is 7.76. The fourth-order valence-electron chi connectivity index (χ4n) is 1.18. The van der Waals surface area contributed by atoms with E-state index in [1.807, 2.05) is 11.5 Å². The molecule has 11 heavy (non-hydrogen) atoms. The molecule has 0 aliphatic carbocycles. The first-order valence-corrected chi connectivity index (χ1v) is 4.16. The number of hydrogen-bond donors (Lipinski definition) is 0. The van der Waals surface area contributed by atoms with Crippen molar-refractivity contribution in [3.05, 3.63) is 11.6 Å². The third-order valence-corrected chi connectivity index (χ3v) is 1.81. The highest BCUT2D eigenvalue weighted by atomic mass is 35.5. The number of nitrogens with zero attached hydrogens (tertiary/aromatic N) is 3. The van der Waals surface area contributed by atoms with Crippen molar-refractivity contribution in [1.82, 2.24) is 14.8 Å². The number of aryl methyl sites for hydroxylation is 1. The van der Waals surface area contributed by atoms with Crippen molar-refractivity contribution in [2.45, 2.75) is 32.7 Å². The van der Waals surface area contributed by atoms with Crippen molar-refractivity contribution in [1.29, 1.82) is 0 Å². The number of alkyl halides is 1. The van der Waals surface area contributed by atoms with Crippen molar-refractivity contribution in [3.63, 3.8) is 0 Å². The van der Waals surface area contributed by atoms with Crippen LogP contribution in [0.5, 0.6) is 0 Å². The second-order valence-electron chi connectivity index (χ2n) is 2.76. The van der Waals surface area contributed by atoms with Gasteiger partial charge in [-0.2, -0.15) is 0 Å². The van der Waals surface area contributed by atoms with Gasteiger partial charge in [-0.05, 0) is 20.8 Å². The van der Waals surface area contributed by atoms with Gasteiger partial charge in [-0.3, -0.25) is 0 Å². The van der Waals surface area contributed by atoms with Gasteiger partial charge in [0, 0.05) is 6.04 Å². The molecule has 0 bridgehead atoms. The summed E-state index contributed by atoms with van der Waals surface area (Å²) in [5.74, 6) is 2.20. The van der Waals surface area contributed by atoms with Crippen LogP contribution in [0.15, 0.2) is 0 Å². The minimum absolute atomic E-state index is 0.388. The fourth-order valence-corrected chi connectivity index (χ4v) is 1.36. The van der Waals surface area contributed by atoms with Crippen molar-refractivity contribution < 1.29 is 0 Å². The summed E-state index contributed by atoms with van der Waals surface area (Å²) in [5.41, 5.74) is 0. The van der Waals surface area contributed by atoms with Crippen LogP contribution < -0.4 is 0 Å². The molecule has 1 aromatic rings. The number of aromatic nitrogens is 3. The molecular weight excluding hydrogens is 162 g/mol. The molecule has 0 saturated heterocycles. The number of hydrogen-bond acceptors (Lipinski definition) is 2. The molecule has 0 aliphatic rings. The molecule has 0 atom stereocenters. The van der Waals surface area contributed by atoms with Crippen LogP contribution >= 0.6 is 11.6 Å². The monoisotopic (exact) mass is 173 g/mol. The van der Waals surface area contributed by atoms with Gasteiger partial charge in [0.05, 0.1) is 5.88 Å². The lowest BCUT2D eigenvalue weighted by Gasteiger charge is -2.09. The molecule has 1 aromatic heterocycles. The molecule has 62 valence electrons. The smallest absolute Gasteiger partial charge is 0.148 e. The average Bonchev–Trinajstić information content (AvgIpc) is 2.30. The Morgan fingerprint density at radius 1 is 1.45 bits per heavy atom. The highest BCUT2D eigenvalue weighted by Gasteiger charge is 2.09. The zero-order valence-electron chi connectivity index (χ0n) is 7.00. The third kappa shape index (κ3) is 1.53. The van der Waals surface area contributed by atoms with Gasteiger partial charge in [-0.1, -0.05) is 0 Å². The Morgan fingerprint density at radius 2 is 2.09 bits per heavy atom. The van der Waals surface area contributed by atoms with E-state index in [-0.39, 0.29) is 0 Å². The second-order valence-corrected chi connectivity index (χ2v) is 3.03. The van der Waals surface area contributed by atoms with Gasteiger partial charge < -0.3 is 4.57 Å². The molecular formula is C7H12ClN3. The molecule has 0 amide bonds. The lowest BCUT2D eigenvalue weighted by atomic mass is 10.4. The van der Waals surface area contributed by atoms with E-state index < -0.39 is 0 Å². The normalized spacial score (nSPS) is 11.0. The minimum atomic E-state index is 0.388. The summed E-state index contributed by atoms with van der Waals surface area (Å²) in [6.45, 7) is 6.11. The zero-order chi connectivity index (χ0) is 8.43. The summed E-state index contributed by atoms with van der Waals surface area (Å²) in [6.07, 6.45) is 0. The summed E-state index contributed by atoms with van der Waals surface area (Å²) in [4.78, 5) is 0. The summed E-state index contributed by atoms with van der Waals surface area (Å²) < 4.78 is 2.03. The summed E-state index contributed by atoms with van der Waals surface area (Å²) in [6, 6.07) is 0.388. The first kappa shape index (κ1) is 8.53. The largest absolute Gasteiger partial charge is 0.312 e. The Kier molecular flexibility index (Phi) is 2.49. The maximum Gasteiger partial charge on any atom is 0.148 e. The molecule has 4 heteroatoms. The Morgan fingerprint density at radius 3 is 2.45 bits per heavy atom. The van der Waals surface area contributed by atoms with Gasteiger partial charge in [-0.25, -0.2) is 0 Å². The SMILES string of the molecule is Cc1nnc(CCl)n1C(C)C. The van der Waals surface area contributed by atoms with Crippen molar-refractivity contribution >= 4 is 11.6 Å². The van der Waals surface area contributed by atoms with Crippen LogP contribution in [0.25, 0.3) is 0 Å². The quantitative estimate of drug-likeness (QED) is 0.640. The topological polar surface area (TPSA) is 30.7 Å². The summed E-state index contributed by atoms with van der Waals surface area (Å²) in [5, 5.41) is 7.87. The number of rotatable bonds is 2. The maximum absolute atomic E-state index is 5.67. The van der Waals surface area contributed by atoms with Gasteiger partial charge in [-0.15, -0.1) is 21.8 Å². The average molecular weight is 174 g/mol. The van der Waals surface area contributed by atoms with Gasteiger partial charge in [0.1, 0.15) is 11.6 Å². The van der Waals surface area contributed by atoms with E-state index in [1.54, 1.807) is 0 Å². The van der Waals surface area contributed by atoms with Crippen LogP contribution in [-0.2, 0) is 5.88 Å². The third-order valence-electron chi connectivity index (χ3n) is 1.57. The molecule has 1 heterocycles. The van der Waals surface area contributed by atoms with E-state index in [0.29, 0.717) is 11.9 Å². The van der Waals surface area contributed by atoms with Crippen molar-refractivity contribution in [2.75, 3.05) is 0 Å². The molecule has 0 saturated carbocycles. The van der Waals surface area contributed by atoms with Crippen LogP contribution in [0.2, 0.25) is 0 Å². The van der Waals surface area contributed by atoms with E-state index in [1.165, 1.54) is 0 Å². The highest BCUT2D eigenvalue weighted by molar-refractivity contribution is 6.16. The molecule has 0 unspecified atom stereocenters. The van der Waals surface area contributed by atoms with E-state index in [4.69, 9.17) is 11.6 Å².